The van der Waals surface area contributed by atoms with Gasteiger partial charge in [0.25, 0.3) is 0 Å². The number of hydrogen-bond acceptors (Lipinski definition) is 5. The van der Waals surface area contributed by atoms with Crippen LogP contribution in [-0.4, -0.2) is 69.1 Å². The van der Waals surface area contributed by atoms with Crippen LogP contribution in [0, 0.1) is 5.92 Å². The largest absolute Gasteiger partial charge is 0.342 e. The lowest BCUT2D eigenvalue weighted by atomic mass is 9.95. The summed E-state index contributed by atoms with van der Waals surface area (Å²) in [4.78, 5) is 33.7. The summed E-state index contributed by atoms with van der Waals surface area (Å²) < 4.78 is 1.59. The number of carbonyl (C=O) groups is 2. The Morgan fingerprint density at radius 3 is 2.48 bits per heavy atom. The highest BCUT2D eigenvalue weighted by molar-refractivity contribution is 6.31. The van der Waals surface area contributed by atoms with Crippen molar-refractivity contribution in [2.24, 2.45) is 5.92 Å². The van der Waals surface area contributed by atoms with Gasteiger partial charge in [-0.25, -0.2) is 9.67 Å². The van der Waals surface area contributed by atoms with E-state index in [1.807, 2.05) is 0 Å². The summed E-state index contributed by atoms with van der Waals surface area (Å²) >= 11 is 6.13. The second-order valence-electron chi connectivity index (χ2n) is 8.34. The summed E-state index contributed by atoms with van der Waals surface area (Å²) in [5.74, 6) is 0.285. The number of aromatic nitrogens is 3. The third-order valence-electron chi connectivity index (χ3n) is 6.12. The smallest absolute Gasteiger partial charge is 0.238 e. The standard InChI is InChI=1S/C22H29ClN6O2/c23-18-5-6-20(29-16-24-15-25-29)19(13-18)26-21(30)14-27-11-7-17(8-12-27)22(31)28-9-3-1-2-4-10-28/h5-6,13,15-17H,1-4,7-12,14H2,(H,26,30). The van der Waals surface area contributed by atoms with Gasteiger partial charge < -0.3 is 10.2 Å². The molecule has 2 saturated heterocycles. The van der Waals surface area contributed by atoms with Gasteiger partial charge in [0.05, 0.1) is 17.9 Å². The number of anilines is 1. The number of hydrogen-bond donors (Lipinski definition) is 1. The summed E-state index contributed by atoms with van der Waals surface area (Å²) in [6.07, 6.45) is 9.32. The first-order chi connectivity index (χ1) is 15.1. The third-order valence-corrected chi connectivity index (χ3v) is 6.36. The lowest BCUT2D eigenvalue weighted by molar-refractivity contribution is -0.137. The Labute approximate surface area is 187 Å². The third kappa shape index (κ3) is 5.62. The Kier molecular flexibility index (Phi) is 7.19. The first-order valence-corrected chi connectivity index (χ1v) is 11.4. The summed E-state index contributed by atoms with van der Waals surface area (Å²) in [7, 11) is 0. The first-order valence-electron chi connectivity index (χ1n) is 11.1. The Bertz CT molecular complexity index is 887. The number of halogens is 1. The predicted molar refractivity (Wildman–Crippen MR) is 119 cm³/mol. The summed E-state index contributed by atoms with van der Waals surface area (Å²) in [6, 6.07) is 5.26. The second-order valence-corrected chi connectivity index (χ2v) is 8.78. The fraction of sp³-hybridized carbons (Fsp3) is 0.545. The number of nitrogens with zero attached hydrogens (tertiary/aromatic N) is 5. The number of piperidine rings is 1. The monoisotopic (exact) mass is 444 g/mol. The number of nitrogens with one attached hydrogen (secondary N) is 1. The molecule has 0 spiro atoms. The molecule has 0 atom stereocenters. The average molecular weight is 445 g/mol. The van der Waals surface area contributed by atoms with E-state index in [2.05, 4.69) is 25.2 Å². The topological polar surface area (TPSA) is 83.4 Å². The van der Waals surface area contributed by atoms with Crippen LogP contribution in [0.4, 0.5) is 5.69 Å². The van der Waals surface area contributed by atoms with Crippen molar-refractivity contribution in [2.75, 3.05) is 38.0 Å². The Hall–Kier alpha value is -2.45. The lowest BCUT2D eigenvalue weighted by Gasteiger charge is -2.33. The first kappa shape index (κ1) is 21.8. The molecule has 1 N–H and O–H groups in total. The van der Waals surface area contributed by atoms with E-state index in [9.17, 15) is 9.59 Å². The van der Waals surface area contributed by atoms with Gasteiger partial charge in [-0.1, -0.05) is 24.4 Å². The van der Waals surface area contributed by atoms with Crippen molar-refractivity contribution in [3.8, 4) is 5.69 Å². The van der Waals surface area contributed by atoms with Gasteiger partial charge in [0, 0.05) is 24.0 Å². The molecule has 8 nitrogen and oxygen atoms in total. The van der Waals surface area contributed by atoms with Gasteiger partial charge in [0.15, 0.2) is 0 Å². The fourth-order valence-corrected chi connectivity index (χ4v) is 4.59. The van der Waals surface area contributed by atoms with Crippen molar-refractivity contribution in [1.82, 2.24) is 24.6 Å². The van der Waals surface area contributed by atoms with Gasteiger partial charge >= 0.3 is 0 Å². The minimum Gasteiger partial charge on any atom is -0.342 e. The molecule has 4 rings (SSSR count). The van der Waals surface area contributed by atoms with Crippen molar-refractivity contribution in [1.29, 1.82) is 0 Å². The van der Waals surface area contributed by atoms with Gasteiger partial charge in [-0.3, -0.25) is 14.5 Å². The van der Waals surface area contributed by atoms with Crippen LogP contribution in [0.5, 0.6) is 0 Å². The molecular formula is C22H29ClN6O2. The fourth-order valence-electron chi connectivity index (χ4n) is 4.42. The predicted octanol–water partition coefficient (Wildman–Crippen LogP) is 2.97. The molecule has 2 amide bonds. The molecule has 166 valence electrons. The van der Waals surface area contributed by atoms with Crippen LogP contribution >= 0.6 is 11.6 Å². The minimum absolute atomic E-state index is 0.0873. The average Bonchev–Trinajstić information content (AvgIpc) is 3.15. The molecule has 3 heterocycles. The van der Waals surface area contributed by atoms with Crippen LogP contribution in [0.2, 0.25) is 5.02 Å². The minimum atomic E-state index is -0.110. The van der Waals surface area contributed by atoms with Crippen LogP contribution in [0.25, 0.3) is 5.69 Å². The number of amides is 2. The van der Waals surface area contributed by atoms with Gasteiger partial charge in [-0.15, -0.1) is 0 Å². The Morgan fingerprint density at radius 2 is 1.81 bits per heavy atom. The van der Waals surface area contributed by atoms with Crippen LogP contribution in [0.15, 0.2) is 30.9 Å². The number of rotatable bonds is 5. The Morgan fingerprint density at radius 1 is 1.06 bits per heavy atom. The molecular weight excluding hydrogens is 416 g/mol. The molecule has 0 bridgehead atoms. The molecule has 31 heavy (non-hydrogen) atoms. The summed E-state index contributed by atoms with van der Waals surface area (Å²) in [5.41, 5.74) is 1.30. The zero-order valence-corrected chi connectivity index (χ0v) is 18.4. The molecule has 0 unspecified atom stereocenters. The SMILES string of the molecule is O=C(CN1CCC(C(=O)N2CCCCCC2)CC1)Nc1cc(Cl)ccc1-n1cncn1. The molecule has 2 aliphatic rings. The van der Waals surface area contributed by atoms with Gasteiger partial charge in [0.1, 0.15) is 12.7 Å². The van der Waals surface area contributed by atoms with Crippen LogP contribution in [-0.2, 0) is 9.59 Å². The maximum atomic E-state index is 12.9. The summed E-state index contributed by atoms with van der Waals surface area (Å²) in [5, 5.41) is 7.62. The van der Waals surface area contributed by atoms with Gasteiger partial charge in [0.2, 0.25) is 11.8 Å². The van der Waals surface area contributed by atoms with E-state index >= 15 is 0 Å². The summed E-state index contributed by atoms with van der Waals surface area (Å²) in [6.45, 7) is 3.59. The van der Waals surface area contributed by atoms with E-state index < -0.39 is 0 Å². The van der Waals surface area contributed by atoms with Crippen LogP contribution in [0.3, 0.4) is 0 Å². The van der Waals surface area contributed by atoms with Gasteiger partial charge in [-0.2, -0.15) is 5.10 Å². The van der Waals surface area contributed by atoms with Crippen LogP contribution in [0.1, 0.15) is 38.5 Å². The molecule has 2 aliphatic heterocycles. The van der Waals surface area contributed by atoms with Crippen LogP contribution < -0.4 is 5.32 Å². The molecule has 1 aromatic heterocycles. The number of carbonyl (C=O) groups excluding carboxylic acids is 2. The van der Waals surface area contributed by atoms with E-state index in [-0.39, 0.29) is 18.4 Å². The quantitative estimate of drug-likeness (QED) is 0.766. The highest BCUT2D eigenvalue weighted by Gasteiger charge is 2.29. The molecule has 2 fully saturated rings. The number of benzene rings is 1. The molecule has 0 radical (unpaired) electrons. The van der Waals surface area contributed by atoms with E-state index in [1.54, 1.807) is 29.2 Å². The van der Waals surface area contributed by atoms with E-state index in [0.717, 1.165) is 51.9 Å². The highest BCUT2D eigenvalue weighted by Crippen LogP contribution is 2.25. The zero-order valence-electron chi connectivity index (χ0n) is 17.7. The molecule has 2 aromatic rings. The highest BCUT2D eigenvalue weighted by atomic mass is 35.5. The molecule has 0 saturated carbocycles. The Balaban J connectivity index is 1.30. The normalized spacial score (nSPS) is 18.5. The maximum Gasteiger partial charge on any atom is 0.238 e. The zero-order chi connectivity index (χ0) is 21.6. The lowest BCUT2D eigenvalue weighted by Crippen LogP contribution is -2.44. The van der Waals surface area contributed by atoms with Crippen molar-refractivity contribution in [3.05, 3.63) is 35.9 Å². The van der Waals surface area contributed by atoms with Gasteiger partial charge in [-0.05, 0) is 57.0 Å². The van der Waals surface area contributed by atoms with Crippen molar-refractivity contribution in [3.63, 3.8) is 0 Å². The van der Waals surface area contributed by atoms with Crippen molar-refractivity contribution < 1.29 is 9.59 Å². The molecule has 9 heteroatoms. The van der Waals surface area contributed by atoms with E-state index in [1.165, 1.54) is 19.2 Å². The maximum absolute atomic E-state index is 12.9. The van der Waals surface area contributed by atoms with E-state index in [0.29, 0.717) is 22.3 Å². The second kappa shape index (κ2) is 10.2. The number of likely N-dealkylation sites (tertiary alicyclic amines) is 2. The van der Waals surface area contributed by atoms with E-state index in [4.69, 9.17) is 11.6 Å². The molecule has 0 aliphatic carbocycles. The molecule has 1 aromatic carbocycles. The van der Waals surface area contributed by atoms with Crippen molar-refractivity contribution in [2.45, 2.75) is 38.5 Å². The van der Waals surface area contributed by atoms with Crippen molar-refractivity contribution >= 4 is 29.1 Å².